The lowest BCUT2D eigenvalue weighted by Gasteiger charge is -2.20. The van der Waals surface area contributed by atoms with Crippen LogP contribution in [0.1, 0.15) is 24.5 Å². The number of fused-ring (bicyclic) bond motifs is 2. The van der Waals surface area contributed by atoms with Gasteiger partial charge in [0.25, 0.3) is 5.56 Å². The van der Waals surface area contributed by atoms with E-state index in [0.717, 1.165) is 28.5 Å². The van der Waals surface area contributed by atoms with Crippen molar-refractivity contribution in [2.45, 2.75) is 24.3 Å². The lowest BCUT2D eigenvalue weighted by atomic mass is 10.2. The second kappa shape index (κ2) is 6.45. The molecule has 9 heteroatoms. The maximum Gasteiger partial charge on any atom is 0.272 e. The topological polar surface area (TPSA) is 105 Å². The molecule has 0 bridgehead atoms. The minimum Gasteiger partial charge on any atom is -0.382 e. The first-order valence-electron chi connectivity index (χ1n) is 8.92. The molecule has 0 fully saturated rings. The molecule has 5 rings (SSSR count). The van der Waals surface area contributed by atoms with E-state index in [1.807, 2.05) is 41.8 Å². The first kappa shape index (κ1) is 16.9. The largest absolute Gasteiger partial charge is 0.382 e. The van der Waals surface area contributed by atoms with Crippen LogP contribution < -0.4 is 11.3 Å². The molecular weight excluding hydrogens is 374 g/mol. The minimum atomic E-state index is -0.275. The zero-order valence-electron chi connectivity index (χ0n) is 15.1. The molecule has 0 radical (unpaired) electrons. The van der Waals surface area contributed by atoms with E-state index in [4.69, 9.17) is 10.7 Å². The summed E-state index contributed by atoms with van der Waals surface area (Å²) in [5.74, 6) is 1.85. The van der Waals surface area contributed by atoms with Crippen molar-refractivity contribution in [2.75, 3.05) is 11.5 Å². The molecule has 0 spiro atoms. The predicted molar refractivity (Wildman–Crippen MR) is 108 cm³/mol. The van der Waals surface area contributed by atoms with E-state index < -0.39 is 0 Å². The Morgan fingerprint density at radius 3 is 2.82 bits per heavy atom. The summed E-state index contributed by atoms with van der Waals surface area (Å²) in [6.45, 7) is 1.98. The smallest absolute Gasteiger partial charge is 0.272 e. The number of hydrogen-bond acceptors (Lipinski definition) is 7. The van der Waals surface area contributed by atoms with E-state index in [1.54, 1.807) is 22.7 Å². The van der Waals surface area contributed by atoms with Crippen molar-refractivity contribution in [3.63, 3.8) is 0 Å². The number of benzene rings is 1. The van der Waals surface area contributed by atoms with Crippen LogP contribution in [0.25, 0.3) is 16.9 Å². The average Bonchev–Trinajstić information content (AvgIpc) is 3.36. The van der Waals surface area contributed by atoms with Crippen LogP contribution in [0.3, 0.4) is 0 Å². The number of imidazole rings is 1. The highest BCUT2D eigenvalue weighted by atomic mass is 32.2. The zero-order chi connectivity index (χ0) is 19.3. The Balaban J connectivity index is 1.76. The van der Waals surface area contributed by atoms with Crippen molar-refractivity contribution in [3.05, 3.63) is 64.9 Å². The van der Waals surface area contributed by atoms with Crippen LogP contribution in [-0.2, 0) is 6.42 Å². The Morgan fingerprint density at radius 1 is 1.18 bits per heavy atom. The summed E-state index contributed by atoms with van der Waals surface area (Å²) < 4.78 is 3.57. The molecule has 140 valence electrons. The van der Waals surface area contributed by atoms with Gasteiger partial charge in [-0.05, 0) is 19.1 Å². The molecule has 2 N–H and O–H groups in total. The van der Waals surface area contributed by atoms with Crippen LogP contribution in [0.15, 0.2) is 52.7 Å². The van der Waals surface area contributed by atoms with Crippen LogP contribution in [0.5, 0.6) is 0 Å². The fourth-order valence-corrected chi connectivity index (χ4v) is 4.55. The van der Waals surface area contributed by atoms with Crippen molar-refractivity contribution in [1.29, 1.82) is 0 Å². The standard InChI is InChI=1S/C19H17N7OS/c1-11(25-10-23-14-16(20)21-9-22-18(14)25)17-24-13-7-8-28-15(13)19(27)26(17)12-5-3-2-4-6-12/h2-6,9-11H,7-8H2,1H3,(H2,20,21,22). The number of thioether (sulfide) groups is 1. The Hall–Kier alpha value is -3.20. The highest BCUT2D eigenvalue weighted by Gasteiger charge is 2.26. The number of nitrogens with zero attached hydrogens (tertiary/aromatic N) is 6. The van der Waals surface area contributed by atoms with Gasteiger partial charge < -0.3 is 10.3 Å². The normalized spacial score (nSPS) is 14.3. The van der Waals surface area contributed by atoms with Gasteiger partial charge in [0.05, 0.1) is 28.6 Å². The van der Waals surface area contributed by atoms with Gasteiger partial charge in [0.1, 0.15) is 17.7 Å². The van der Waals surface area contributed by atoms with Crippen molar-refractivity contribution in [2.24, 2.45) is 0 Å². The van der Waals surface area contributed by atoms with Crippen molar-refractivity contribution in [3.8, 4) is 5.69 Å². The van der Waals surface area contributed by atoms with Gasteiger partial charge in [-0.2, -0.15) is 0 Å². The van der Waals surface area contributed by atoms with Crippen LogP contribution in [-0.4, -0.2) is 34.8 Å². The first-order chi connectivity index (χ1) is 13.6. The molecule has 0 saturated carbocycles. The minimum absolute atomic E-state index is 0.0286. The van der Waals surface area contributed by atoms with E-state index in [9.17, 15) is 4.79 Å². The quantitative estimate of drug-likeness (QED) is 0.571. The lowest BCUT2D eigenvalue weighted by molar-refractivity contribution is 0.575. The Kier molecular flexibility index (Phi) is 3.90. The van der Waals surface area contributed by atoms with Gasteiger partial charge in [0.2, 0.25) is 0 Å². The van der Waals surface area contributed by atoms with Gasteiger partial charge in [0.15, 0.2) is 11.5 Å². The number of nitrogens with two attached hydrogens (primary N) is 1. The predicted octanol–water partition coefficient (Wildman–Crippen LogP) is 2.21. The van der Waals surface area contributed by atoms with E-state index in [2.05, 4.69) is 15.0 Å². The maximum absolute atomic E-state index is 13.3. The molecule has 1 aliphatic rings. The van der Waals surface area contributed by atoms with E-state index in [-0.39, 0.29) is 11.6 Å². The highest BCUT2D eigenvalue weighted by molar-refractivity contribution is 7.99. The third-order valence-electron chi connectivity index (χ3n) is 4.92. The van der Waals surface area contributed by atoms with Crippen LogP contribution >= 0.6 is 11.8 Å². The molecule has 8 nitrogen and oxygen atoms in total. The molecule has 0 aliphatic carbocycles. The van der Waals surface area contributed by atoms with Gasteiger partial charge >= 0.3 is 0 Å². The summed E-state index contributed by atoms with van der Waals surface area (Å²) in [6, 6.07) is 9.31. The number of aromatic nitrogens is 6. The van der Waals surface area contributed by atoms with Crippen LogP contribution in [0.2, 0.25) is 0 Å². The second-order valence-electron chi connectivity index (χ2n) is 6.58. The van der Waals surface area contributed by atoms with Gasteiger partial charge in [-0.1, -0.05) is 18.2 Å². The second-order valence-corrected chi connectivity index (χ2v) is 7.68. The van der Waals surface area contributed by atoms with Crippen molar-refractivity contribution >= 4 is 28.7 Å². The molecule has 1 aliphatic heterocycles. The summed E-state index contributed by atoms with van der Waals surface area (Å²) in [5, 5.41) is 0. The van der Waals surface area contributed by atoms with Gasteiger partial charge in [-0.15, -0.1) is 11.8 Å². The lowest BCUT2D eigenvalue weighted by Crippen LogP contribution is -2.28. The number of nitrogen functional groups attached to an aromatic ring is 1. The van der Waals surface area contributed by atoms with Crippen molar-refractivity contribution < 1.29 is 0 Å². The van der Waals surface area contributed by atoms with Gasteiger partial charge in [0, 0.05) is 12.2 Å². The molecular formula is C19H17N7OS. The third kappa shape index (κ3) is 2.50. The number of rotatable bonds is 3. The summed E-state index contributed by atoms with van der Waals surface area (Å²) in [7, 11) is 0. The Morgan fingerprint density at radius 2 is 2.00 bits per heavy atom. The van der Waals surface area contributed by atoms with Crippen molar-refractivity contribution in [1.82, 2.24) is 29.1 Å². The molecule has 1 aromatic carbocycles. The zero-order valence-corrected chi connectivity index (χ0v) is 15.9. The molecule has 3 aromatic heterocycles. The van der Waals surface area contributed by atoms with Gasteiger partial charge in [-0.3, -0.25) is 9.36 Å². The summed E-state index contributed by atoms with van der Waals surface area (Å²) in [4.78, 5) is 31.6. The number of anilines is 1. The first-order valence-corrected chi connectivity index (χ1v) is 9.90. The summed E-state index contributed by atoms with van der Waals surface area (Å²) in [6.07, 6.45) is 3.88. The van der Waals surface area contributed by atoms with E-state index in [0.29, 0.717) is 22.8 Å². The molecule has 28 heavy (non-hydrogen) atoms. The van der Waals surface area contributed by atoms with Gasteiger partial charge in [-0.25, -0.2) is 19.9 Å². The maximum atomic E-state index is 13.3. The molecule has 1 atom stereocenters. The average molecular weight is 391 g/mol. The van der Waals surface area contributed by atoms with E-state index in [1.165, 1.54) is 6.33 Å². The summed E-state index contributed by atoms with van der Waals surface area (Å²) >= 11 is 1.57. The SMILES string of the molecule is CC(c1nc2c(c(=O)n1-c1ccccc1)SCC2)n1cnc2c(N)ncnc21. The molecule has 0 amide bonds. The Bertz CT molecular complexity index is 1250. The number of hydrogen-bond donors (Lipinski definition) is 1. The van der Waals surface area contributed by atoms with E-state index >= 15 is 0 Å². The number of para-hydroxylation sites is 1. The fourth-order valence-electron chi connectivity index (χ4n) is 3.52. The van der Waals surface area contributed by atoms with Crippen LogP contribution in [0.4, 0.5) is 5.82 Å². The number of aryl methyl sites for hydroxylation is 1. The molecule has 4 aromatic rings. The van der Waals surface area contributed by atoms with Crippen LogP contribution in [0, 0.1) is 0 Å². The molecule has 4 heterocycles. The highest BCUT2D eigenvalue weighted by Crippen LogP contribution is 2.30. The Labute approximate surface area is 164 Å². The molecule has 1 unspecified atom stereocenters. The monoisotopic (exact) mass is 391 g/mol. The molecule has 0 saturated heterocycles. The third-order valence-corrected chi connectivity index (χ3v) is 6.02. The fraction of sp³-hybridized carbons (Fsp3) is 0.211. The summed E-state index contributed by atoms with van der Waals surface area (Å²) in [5.41, 5.74) is 8.71.